The molecule has 140 valence electrons. The Morgan fingerprint density at radius 3 is 2.93 bits per heavy atom. The molecule has 7 heteroatoms. The summed E-state index contributed by atoms with van der Waals surface area (Å²) in [5, 5.41) is 17.3. The summed E-state index contributed by atoms with van der Waals surface area (Å²) in [5.74, 6) is 0.760. The fraction of sp³-hybridized carbons (Fsp3) is 0.190. The third-order valence-corrected chi connectivity index (χ3v) is 4.81. The summed E-state index contributed by atoms with van der Waals surface area (Å²) >= 11 is 0. The van der Waals surface area contributed by atoms with E-state index in [4.69, 9.17) is 25.6 Å². The lowest BCUT2D eigenvalue weighted by atomic mass is 10.0. The van der Waals surface area contributed by atoms with Crippen LogP contribution >= 0.6 is 0 Å². The number of nitrogens with zero attached hydrogens (tertiary/aromatic N) is 2. The second-order valence-corrected chi connectivity index (χ2v) is 6.66. The number of nitrogens with one attached hydrogen (secondary N) is 1. The van der Waals surface area contributed by atoms with Crippen molar-refractivity contribution in [3.63, 3.8) is 0 Å². The normalized spacial score (nSPS) is 15.1. The SMILES string of the molecule is Cc1ncc(C(=N)c2cc(O[C@@H]3CCc4cc(C#N)c(F)cc43)ccc2N)o1. The molecule has 0 fully saturated rings. The number of nitrogen functional groups attached to an aromatic ring is 1. The van der Waals surface area contributed by atoms with Crippen LogP contribution in [0.5, 0.6) is 5.75 Å². The number of halogens is 1. The number of fused-ring (bicyclic) bond motifs is 1. The van der Waals surface area contributed by atoms with Crippen LogP contribution in [0.2, 0.25) is 0 Å². The molecule has 6 nitrogen and oxygen atoms in total. The Morgan fingerprint density at radius 1 is 1.39 bits per heavy atom. The maximum absolute atomic E-state index is 14.0. The number of anilines is 1. The molecule has 28 heavy (non-hydrogen) atoms. The molecule has 0 spiro atoms. The number of aryl methyl sites for hydroxylation is 2. The number of benzene rings is 2. The fourth-order valence-corrected chi connectivity index (χ4v) is 3.40. The van der Waals surface area contributed by atoms with E-state index >= 15 is 0 Å². The van der Waals surface area contributed by atoms with Crippen LogP contribution in [0, 0.1) is 29.5 Å². The van der Waals surface area contributed by atoms with E-state index in [2.05, 4.69) is 4.98 Å². The van der Waals surface area contributed by atoms with Gasteiger partial charge >= 0.3 is 0 Å². The van der Waals surface area contributed by atoms with Crippen LogP contribution in [-0.4, -0.2) is 10.7 Å². The summed E-state index contributed by atoms with van der Waals surface area (Å²) in [7, 11) is 0. The molecule has 2 aromatic carbocycles. The molecule has 0 unspecified atom stereocenters. The second-order valence-electron chi connectivity index (χ2n) is 6.66. The minimum Gasteiger partial charge on any atom is -0.486 e. The monoisotopic (exact) mass is 376 g/mol. The van der Waals surface area contributed by atoms with E-state index in [1.807, 2.05) is 6.07 Å². The summed E-state index contributed by atoms with van der Waals surface area (Å²) in [6.07, 6.45) is 2.55. The largest absolute Gasteiger partial charge is 0.486 e. The standard InChI is InChI=1S/C21H17FN4O2/c1-11-26-10-20(27-11)21(25)16-7-14(3-4-18(16)24)28-19-5-2-12-6-13(9-23)17(22)8-15(12)19/h3-4,6-8,10,19,25H,2,5,24H2,1H3/t19-/m1/s1. The van der Waals surface area contributed by atoms with Crippen LogP contribution in [0.1, 0.15) is 46.4 Å². The smallest absolute Gasteiger partial charge is 0.191 e. The molecule has 0 saturated carbocycles. The molecule has 1 atom stereocenters. The van der Waals surface area contributed by atoms with Gasteiger partial charge in [-0.1, -0.05) is 0 Å². The Bertz CT molecular complexity index is 1130. The van der Waals surface area contributed by atoms with E-state index in [0.29, 0.717) is 41.5 Å². The first kappa shape index (κ1) is 17.7. The van der Waals surface area contributed by atoms with Crippen molar-refractivity contribution in [1.82, 2.24) is 4.98 Å². The van der Waals surface area contributed by atoms with Gasteiger partial charge < -0.3 is 14.9 Å². The van der Waals surface area contributed by atoms with Crippen LogP contribution < -0.4 is 10.5 Å². The Morgan fingerprint density at radius 2 is 2.21 bits per heavy atom. The lowest BCUT2D eigenvalue weighted by Gasteiger charge is -2.17. The van der Waals surface area contributed by atoms with Gasteiger partial charge in [-0.05, 0) is 54.3 Å². The highest BCUT2D eigenvalue weighted by Gasteiger charge is 2.26. The van der Waals surface area contributed by atoms with Crippen molar-refractivity contribution in [2.75, 3.05) is 5.73 Å². The van der Waals surface area contributed by atoms with Crippen molar-refractivity contribution in [2.24, 2.45) is 0 Å². The summed E-state index contributed by atoms with van der Waals surface area (Å²) in [6, 6.07) is 9.89. The minimum atomic E-state index is -0.544. The Kier molecular flexibility index (Phi) is 4.32. The zero-order chi connectivity index (χ0) is 19.8. The first-order chi connectivity index (χ1) is 13.5. The van der Waals surface area contributed by atoms with Crippen molar-refractivity contribution in [1.29, 1.82) is 10.7 Å². The minimum absolute atomic E-state index is 0.0463. The summed E-state index contributed by atoms with van der Waals surface area (Å²) in [6.45, 7) is 1.70. The quantitative estimate of drug-likeness (QED) is 0.527. The summed E-state index contributed by atoms with van der Waals surface area (Å²) < 4.78 is 25.5. The number of hydrogen-bond donors (Lipinski definition) is 2. The lowest BCUT2D eigenvalue weighted by Crippen LogP contribution is -2.08. The number of nitriles is 1. The number of ether oxygens (including phenoxy) is 1. The molecule has 0 saturated heterocycles. The summed E-state index contributed by atoms with van der Waals surface area (Å²) in [5.41, 5.74) is 8.75. The van der Waals surface area contributed by atoms with E-state index in [-0.39, 0.29) is 17.4 Å². The maximum atomic E-state index is 14.0. The van der Waals surface area contributed by atoms with Gasteiger partial charge in [0.05, 0.1) is 11.8 Å². The number of rotatable bonds is 4. The zero-order valence-electron chi connectivity index (χ0n) is 15.1. The molecular weight excluding hydrogens is 359 g/mol. The molecular formula is C21H17FN4O2. The molecule has 0 amide bonds. The average Bonchev–Trinajstić information content (AvgIpc) is 3.28. The van der Waals surface area contributed by atoms with E-state index in [1.54, 1.807) is 31.2 Å². The Hall–Kier alpha value is -3.66. The predicted octanol–water partition coefficient (Wildman–Crippen LogP) is 4.06. The van der Waals surface area contributed by atoms with Crippen molar-refractivity contribution >= 4 is 11.4 Å². The maximum Gasteiger partial charge on any atom is 0.191 e. The van der Waals surface area contributed by atoms with Crippen molar-refractivity contribution < 1.29 is 13.5 Å². The zero-order valence-corrected chi connectivity index (χ0v) is 15.1. The van der Waals surface area contributed by atoms with Crippen LogP contribution in [0.3, 0.4) is 0 Å². The van der Waals surface area contributed by atoms with Gasteiger partial charge in [0.25, 0.3) is 0 Å². The van der Waals surface area contributed by atoms with Gasteiger partial charge in [-0.15, -0.1) is 0 Å². The molecule has 0 aliphatic heterocycles. The fourth-order valence-electron chi connectivity index (χ4n) is 3.40. The molecule has 4 rings (SSSR count). The molecule has 1 aromatic heterocycles. The average molecular weight is 376 g/mol. The van der Waals surface area contributed by atoms with Crippen LogP contribution in [0.4, 0.5) is 10.1 Å². The van der Waals surface area contributed by atoms with Gasteiger partial charge in [0.2, 0.25) is 0 Å². The van der Waals surface area contributed by atoms with Crippen LogP contribution in [0.15, 0.2) is 40.9 Å². The third kappa shape index (κ3) is 3.09. The molecule has 3 aromatic rings. The van der Waals surface area contributed by atoms with Crippen LogP contribution in [-0.2, 0) is 6.42 Å². The van der Waals surface area contributed by atoms with Gasteiger partial charge in [0.15, 0.2) is 11.7 Å². The highest BCUT2D eigenvalue weighted by molar-refractivity contribution is 6.12. The van der Waals surface area contributed by atoms with Crippen LogP contribution in [0.25, 0.3) is 0 Å². The highest BCUT2D eigenvalue weighted by atomic mass is 19.1. The van der Waals surface area contributed by atoms with E-state index in [1.165, 1.54) is 12.3 Å². The van der Waals surface area contributed by atoms with E-state index in [9.17, 15) is 4.39 Å². The van der Waals surface area contributed by atoms with Gasteiger partial charge in [-0.25, -0.2) is 9.37 Å². The number of oxazole rings is 1. The third-order valence-electron chi connectivity index (χ3n) is 4.81. The molecule has 1 aliphatic rings. The lowest BCUT2D eigenvalue weighted by molar-refractivity contribution is 0.207. The Balaban J connectivity index is 1.62. The number of nitrogens with two attached hydrogens (primary N) is 1. The molecule has 1 heterocycles. The molecule has 0 radical (unpaired) electrons. The van der Waals surface area contributed by atoms with E-state index < -0.39 is 5.82 Å². The molecule has 3 N–H and O–H groups in total. The van der Waals surface area contributed by atoms with Gasteiger partial charge in [0, 0.05) is 18.2 Å². The van der Waals surface area contributed by atoms with Gasteiger partial charge in [-0.2, -0.15) is 5.26 Å². The van der Waals surface area contributed by atoms with Crippen molar-refractivity contribution in [2.45, 2.75) is 25.9 Å². The number of hydrogen-bond acceptors (Lipinski definition) is 6. The Labute approximate surface area is 160 Å². The predicted molar refractivity (Wildman–Crippen MR) is 101 cm³/mol. The second kappa shape index (κ2) is 6.82. The first-order valence-corrected chi connectivity index (χ1v) is 8.76. The topological polar surface area (TPSA) is 109 Å². The van der Waals surface area contributed by atoms with Gasteiger partial charge in [0.1, 0.15) is 29.5 Å². The molecule has 1 aliphatic carbocycles. The molecule has 0 bridgehead atoms. The van der Waals surface area contributed by atoms with E-state index in [0.717, 1.165) is 11.1 Å². The van der Waals surface area contributed by atoms with Crippen molar-refractivity contribution in [3.05, 3.63) is 76.3 Å². The highest BCUT2D eigenvalue weighted by Crippen LogP contribution is 2.37. The van der Waals surface area contributed by atoms with Gasteiger partial charge in [-0.3, -0.25) is 5.41 Å². The first-order valence-electron chi connectivity index (χ1n) is 8.76. The number of aromatic nitrogens is 1. The van der Waals surface area contributed by atoms with Crippen molar-refractivity contribution in [3.8, 4) is 11.8 Å². The summed E-state index contributed by atoms with van der Waals surface area (Å²) in [4.78, 5) is 4.01.